The summed E-state index contributed by atoms with van der Waals surface area (Å²) in [5.74, 6) is 2.30. The SMILES string of the molecule is CC1(C)CC[C@@]2(C)C[C@]34CCCC(=O)[C@@]3(C)CCC4[C@@H]12. The van der Waals surface area contributed by atoms with Gasteiger partial charge in [0.05, 0.1) is 0 Å². The van der Waals surface area contributed by atoms with Crippen molar-refractivity contribution in [1.82, 2.24) is 0 Å². The Hall–Kier alpha value is -0.330. The van der Waals surface area contributed by atoms with E-state index in [0.29, 0.717) is 22.0 Å². The van der Waals surface area contributed by atoms with Crippen LogP contribution >= 0.6 is 0 Å². The molecule has 112 valence electrons. The van der Waals surface area contributed by atoms with Gasteiger partial charge in [0, 0.05) is 11.8 Å². The Morgan fingerprint density at radius 2 is 1.75 bits per heavy atom. The van der Waals surface area contributed by atoms with Gasteiger partial charge in [-0.25, -0.2) is 0 Å². The van der Waals surface area contributed by atoms with Crippen molar-refractivity contribution in [3.05, 3.63) is 0 Å². The molecule has 0 saturated heterocycles. The van der Waals surface area contributed by atoms with Gasteiger partial charge in [-0.1, -0.05) is 27.7 Å². The molecule has 1 spiro atoms. The number of hydrogen-bond donors (Lipinski definition) is 0. The minimum Gasteiger partial charge on any atom is -0.299 e. The molecule has 5 atom stereocenters. The molecule has 4 aliphatic carbocycles. The van der Waals surface area contributed by atoms with Crippen LogP contribution in [0.25, 0.3) is 0 Å². The van der Waals surface area contributed by atoms with Crippen molar-refractivity contribution in [2.75, 3.05) is 0 Å². The second kappa shape index (κ2) is 3.52. The van der Waals surface area contributed by atoms with Gasteiger partial charge >= 0.3 is 0 Å². The topological polar surface area (TPSA) is 17.1 Å². The molecule has 1 unspecified atom stereocenters. The molecule has 0 bridgehead atoms. The average molecular weight is 274 g/mol. The summed E-state index contributed by atoms with van der Waals surface area (Å²) < 4.78 is 0. The maximum absolute atomic E-state index is 12.7. The summed E-state index contributed by atoms with van der Waals surface area (Å²) in [6.07, 6.45) is 10.00. The van der Waals surface area contributed by atoms with Crippen molar-refractivity contribution >= 4 is 5.78 Å². The highest BCUT2D eigenvalue weighted by Crippen LogP contribution is 2.79. The molecule has 1 nitrogen and oxygen atoms in total. The highest BCUT2D eigenvalue weighted by atomic mass is 16.1. The fourth-order valence-corrected chi connectivity index (χ4v) is 7.81. The van der Waals surface area contributed by atoms with Gasteiger partial charge in [-0.2, -0.15) is 0 Å². The second-order valence-corrected chi connectivity index (χ2v) is 9.71. The van der Waals surface area contributed by atoms with E-state index in [-0.39, 0.29) is 5.41 Å². The van der Waals surface area contributed by atoms with Crippen molar-refractivity contribution in [1.29, 1.82) is 0 Å². The molecule has 4 aliphatic rings. The lowest BCUT2D eigenvalue weighted by Crippen LogP contribution is -2.47. The second-order valence-electron chi connectivity index (χ2n) is 9.71. The van der Waals surface area contributed by atoms with E-state index in [1.807, 2.05) is 0 Å². The third-order valence-corrected chi connectivity index (χ3v) is 8.46. The van der Waals surface area contributed by atoms with Gasteiger partial charge in [0.25, 0.3) is 0 Å². The molecular formula is C19H30O. The highest BCUT2D eigenvalue weighted by molar-refractivity contribution is 5.87. The molecule has 4 saturated carbocycles. The average Bonchev–Trinajstić information content (AvgIpc) is 2.86. The zero-order valence-corrected chi connectivity index (χ0v) is 13.7. The summed E-state index contributed by atoms with van der Waals surface area (Å²) in [7, 11) is 0. The van der Waals surface area contributed by atoms with Crippen LogP contribution in [0.5, 0.6) is 0 Å². The van der Waals surface area contributed by atoms with Crippen LogP contribution in [0, 0.1) is 33.5 Å². The third-order valence-electron chi connectivity index (χ3n) is 8.46. The summed E-state index contributed by atoms with van der Waals surface area (Å²) in [6.45, 7) is 9.90. The summed E-state index contributed by atoms with van der Waals surface area (Å²) >= 11 is 0. The predicted octanol–water partition coefficient (Wildman–Crippen LogP) is 4.99. The molecule has 0 aromatic rings. The van der Waals surface area contributed by atoms with Gasteiger partial charge in [0.2, 0.25) is 0 Å². The molecule has 0 amide bonds. The van der Waals surface area contributed by atoms with Gasteiger partial charge in [-0.3, -0.25) is 4.79 Å². The molecular weight excluding hydrogens is 244 g/mol. The lowest BCUT2D eigenvalue weighted by atomic mass is 9.54. The van der Waals surface area contributed by atoms with Crippen LogP contribution in [0.4, 0.5) is 0 Å². The Labute approximate surface area is 123 Å². The van der Waals surface area contributed by atoms with Gasteiger partial charge in [0.15, 0.2) is 0 Å². The van der Waals surface area contributed by atoms with Crippen molar-refractivity contribution in [2.45, 2.75) is 79.1 Å². The quantitative estimate of drug-likeness (QED) is 0.608. The normalized spacial score (nSPS) is 56.5. The van der Waals surface area contributed by atoms with Gasteiger partial charge < -0.3 is 0 Å². The zero-order chi connectivity index (χ0) is 14.4. The van der Waals surface area contributed by atoms with Gasteiger partial charge in [0.1, 0.15) is 5.78 Å². The lowest BCUT2D eigenvalue weighted by Gasteiger charge is -2.48. The van der Waals surface area contributed by atoms with E-state index in [0.717, 1.165) is 24.7 Å². The number of ketones is 1. The Morgan fingerprint density at radius 1 is 1.00 bits per heavy atom. The smallest absolute Gasteiger partial charge is 0.139 e. The molecule has 4 rings (SSSR count). The zero-order valence-electron chi connectivity index (χ0n) is 13.7. The van der Waals surface area contributed by atoms with Crippen molar-refractivity contribution < 1.29 is 4.79 Å². The fraction of sp³-hybridized carbons (Fsp3) is 0.947. The van der Waals surface area contributed by atoms with Crippen molar-refractivity contribution in [3.63, 3.8) is 0 Å². The Bertz CT molecular complexity index is 478. The molecule has 0 N–H and O–H groups in total. The van der Waals surface area contributed by atoms with Crippen LogP contribution in [0.1, 0.15) is 79.1 Å². The fourth-order valence-electron chi connectivity index (χ4n) is 7.81. The minimum atomic E-state index is 0.0271. The maximum atomic E-state index is 12.7. The van der Waals surface area contributed by atoms with Crippen LogP contribution in [-0.4, -0.2) is 5.78 Å². The van der Waals surface area contributed by atoms with Crippen LogP contribution < -0.4 is 0 Å². The highest BCUT2D eigenvalue weighted by Gasteiger charge is 2.73. The summed E-state index contributed by atoms with van der Waals surface area (Å²) in [5.41, 5.74) is 1.42. The maximum Gasteiger partial charge on any atom is 0.139 e. The van der Waals surface area contributed by atoms with E-state index in [1.54, 1.807) is 0 Å². The molecule has 20 heavy (non-hydrogen) atoms. The molecule has 4 fully saturated rings. The summed E-state index contributed by atoms with van der Waals surface area (Å²) in [6, 6.07) is 0. The number of hydrogen-bond acceptors (Lipinski definition) is 1. The van der Waals surface area contributed by atoms with E-state index >= 15 is 0 Å². The van der Waals surface area contributed by atoms with E-state index in [1.165, 1.54) is 38.5 Å². The monoisotopic (exact) mass is 274 g/mol. The molecule has 0 aromatic carbocycles. The Balaban J connectivity index is 1.84. The first-order valence-electron chi connectivity index (χ1n) is 8.79. The van der Waals surface area contributed by atoms with E-state index in [4.69, 9.17) is 0 Å². The number of carbonyl (C=O) groups excluding carboxylic acids is 1. The minimum absolute atomic E-state index is 0.0271. The van der Waals surface area contributed by atoms with Gasteiger partial charge in [-0.15, -0.1) is 0 Å². The third kappa shape index (κ3) is 1.25. The van der Waals surface area contributed by atoms with E-state index in [2.05, 4.69) is 27.7 Å². The van der Waals surface area contributed by atoms with Crippen LogP contribution in [0.2, 0.25) is 0 Å². The van der Waals surface area contributed by atoms with Crippen LogP contribution in [0.15, 0.2) is 0 Å². The Kier molecular flexibility index (Phi) is 2.35. The molecule has 0 radical (unpaired) electrons. The van der Waals surface area contributed by atoms with Crippen LogP contribution in [-0.2, 0) is 4.79 Å². The molecule has 0 aromatic heterocycles. The summed E-state index contributed by atoms with van der Waals surface area (Å²) in [4.78, 5) is 12.7. The van der Waals surface area contributed by atoms with E-state index < -0.39 is 0 Å². The molecule has 1 heteroatoms. The van der Waals surface area contributed by atoms with Crippen molar-refractivity contribution in [3.8, 4) is 0 Å². The molecule has 0 aliphatic heterocycles. The number of carbonyl (C=O) groups is 1. The Morgan fingerprint density at radius 3 is 2.50 bits per heavy atom. The van der Waals surface area contributed by atoms with Crippen molar-refractivity contribution in [2.24, 2.45) is 33.5 Å². The number of rotatable bonds is 0. The standard InChI is InChI=1S/C19H30O/c1-16(2)10-11-17(3)12-19-8-5-6-14(20)18(19,4)9-7-13(19)15(16)17/h13,15H,5-12H2,1-4H3/t13?,15-,17-,18+,19-/m0/s1. The van der Waals surface area contributed by atoms with Gasteiger partial charge in [-0.05, 0) is 73.0 Å². The molecule has 0 heterocycles. The first-order valence-corrected chi connectivity index (χ1v) is 8.79. The number of Topliss-reactive ketones (excluding diaryl/α,β-unsaturated/α-hetero) is 1. The first kappa shape index (κ1) is 13.3. The summed E-state index contributed by atoms with van der Waals surface area (Å²) in [5, 5.41) is 0. The number of fused-ring (bicyclic) bond motifs is 2. The first-order chi connectivity index (χ1) is 9.25. The predicted molar refractivity (Wildman–Crippen MR) is 81.4 cm³/mol. The van der Waals surface area contributed by atoms with Crippen LogP contribution in [0.3, 0.4) is 0 Å². The van der Waals surface area contributed by atoms with E-state index in [9.17, 15) is 4.79 Å². The largest absolute Gasteiger partial charge is 0.299 e. The lowest BCUT2D eigenvalue weighted by molar-refractivity contribution is -0.140.